The summed E-state index contributed by atoms with van der Waals surface area (Å²) >= 11 is 0. The van der Waals surface area contributed by atoms with Crippen LogP contribution < -0.4 is 5.32 Å². The molecule has 0 unspecified atom stereocenters. The van der Waals surface area contributed by atoms with Gasteiger partial charge in [0, 0.05) is 36.9 Å². The Labute approximate surface area is 173 Å². The van der Waals surface area contributed by atoms with Crippen LogP contribution in [0.2, 0.25) is 0 Å². The predicted molar refractivity (Wildman–Crippen MR) is 119 cm³/mol. The zero-order valence-corrected chi connectivity index (χ0v) is 17.4. The van der Waals surface area contributed by atoms with Crippen molar-refractivity contribution in [3.63, 3.8) is 0 Å². The van der Waals surface area contributed by atoms with Crippen molar-refractivity contribution in [2.75, 3.05) is 5.32 Å². The van der Waals surface area contributed by atoms with Crippen LogP contribution in [-0.4, -0.2) is 20.7 Å². The van der Waals surface area contributed by atoms with Crippen molar-refractivity contribution in [3.05, 3.63) is 54.5 Å². The average Bonchev–Trinajstić information content (AvgIpc) is 3.14. The predicted octanol–water partition coefficient (Wildman–Crippen LogP) is 5.66. The van der Waals surface area contributed by atoms with Crippen LogP contribution >= 0.6 is 0 Å². The fourth-order valence-corrected chi connectivity index (χ4v) is 3.72. The Morgan fingerprint density at radius 1 is 0.897 bits per heavy atom. The van der Waals surface area contributed by atoms with Gasteiger partial charge < -0.3 is 5.32 Å². The molecule has 5 nitrogen and oxygen atoms in total. The number of unbranched alkanes of at least 4 members (excludes halogenated alkanes) is 7. The molecule has 2 aromatic heterocycles. The minimum atomic E-state index is 0.0940. The smallest absolute Gasteiger partial charge is 0.224 e. The van der Waals surface area contributed by atoms with Gasteiger partial charge in [0.05, 0.1) is 11.2 Å². The Morgan fingerprint density at radius 3 is 2.38 bits per heavy atom. The van der Waals surface area contributed by atoms with Gasteiger partial charge in [-0.05, 0) is 37.5 Å². The van der Waals surface area contributed by atoms with E-state index in [1.54, 1.807) is 6.20 Å². The van der Waals surface area contributed by atoms with Gasteiger partial charge in [0.15, 0.2) is 0 Å². The van der Waals surface area contributed by atoms with E-state index in [1.165, 1.54) is 44.2 Å². The molecule has 5 heteroatoms. The van der Waals surface area contributed by atoms with E-state index in [1.807, 2.05) is 48.3 Å². The van der Waals surface area contributed by atoms with Crippen LogP contribution in [0, 0.1) is 0 Å². The lowest BCUT2D eigenvalue weighted by molar-refractivity contribution is -0.116. The van der Waals surface area contributed by atoms with Gasteiger partial charge in [-0.25, -0.2) is 0 Å². The second kappa shape index (κ2) is 11.3. The molecule has 0 radical (unpaired) electrons. The summed E-state index contributed by atoms with van der Waals surface area (Å²) in [5.74, 6) is 0.0940. The van der Waals surface area contributed by atoms with Gasteiger partial charge in [0.2, 0.25) is 5.91 Å². The summed E-state index contributed by atoms with van der Waals surface area (Å²) in [5.41, 5.74) is 3.08. The number of carbonyl (C=O) groups is 1. The Balaban J connectivity index is 1.22. The van der Waals surface area contributed by atoms with Gasteiger partial charge in [-0.3, -0.25) is 14.5 Å². The highest BCUT2D eigenvalue weighted by atomic mass is 16.1. The number of benzene rings is 1. The lowest BCUT2D eigenvalue weighted by Gasteiger charge is -2.08. The number of nitrogens with one attached hydrogen (secondary N) is 1. The molecule has 154 valence electrons. The number of anilines is 1. The number of pyridine rings is 1. The molecule has 0 fully saturated rings. The minimum Gasteiger partial charge on any atom is -0.325 e. The third-order valence-corrected chi connectivity index (χ3v) is 5.43. The molecule has 0 aliphatic rings. The van der Waals surface area contributed by atoms with E-state index >= 15 is 0 Å². The molecule has 0 aliphatic heterocycles. The average molecular weight is 393 g/mol. The molecule has 0 aliphatic carbocycles. The van der Waals surface area contributed by atoms with Gasteiger partial charge >= 0.3 is 0 Å². The van der Waals surface area contributed by atoms with Crippen LogP contribution in [0.5, 0.6) is 0 Å². The Hall–Kier alpha value is -2.69. The fraction of sp³-hybridized carbons (Fsp3) is 0.458. The summed E-state index contributed by atoms with van der Waals surface area (Å²) < 4.78 is 1.97. The number of aryl methyl sites for hydroxylation is 2. The summed E-state index contributed by atoms with van der Waals surface area (Å²) in [7, 11) is 2.01. The third-order valence-electron chi connectivity index (χ3n) is 5.43. The summed E-state index contributed by atoms with van der Waals surface area (Å²) in [6.07, 6.45) is 15.0. The number of aromatic nitrogens is 3. The monoisotopic (exact) mass is 392 g/mol. The molecule has 1 N–H and O–H groups in total. The quantitative estimate of drug-likeness (QED) is 0.405. The van der Waals surface area contributed by atoms with Crippen molar-refractivity contribution in [1.29, 1.82) is 0 Å². The molecule has 0 atom stereocenters. The topological polar surface area (TPSA) is 59.8 Å². The number of carbonyl (C=O) groups excluding carboxylic acids is 1. The standard InChI is InChI=1S/C24H32N4O/c1-28-20(16-19-26-28)12-8-6-4-2-3-5-7-9-15-24(29)27-23-17-18-25-22-14-11-10-13-21(22)23/h10-11,13-14,16-19H,2-9,12,15H2,1H3,(H,25,27,29). The highest BCUT2D eigenvalue weighted by Crippen LogP contribution is 2.21. The number of hydrogen-bond acceptors (Lipinski definition) is 3. The summed E-state index contributed by atoms with van der Waals surface area (Å²) in [4.78, 5) is 16.6. The first-order chi connectivity index (χ1) is 14.2. The van der Waals surface area contributed by atoms with Crippen molar-refractivity contribution < 1.29 is 4.79 Å². The molecule has 1 amide bonds. The number of nitrogens with zero attached hydrogens (tertiary/aromatic N) is 3. The Morgan fingerprint density at radius 2 is 1.62 bits per heavy atom. The maximum Gasteiger partial charge on any atom is 0.224 e. The number of para-hydroxylation sites is 1. The van der Waals surface area contributed by atoms with Crippen molar-refractivity contribution in [3.8, 4) is 0 Å². The molecule has 0 saturated heterocycles. The van der Waals surface area contributed by atoms with Crippen molar-refractivity contribution >= 4 is 22.5 Å². The van der Waals surface area contributed by atoms with Gasteiger partial charge in [0.1, 0.15) is 0 Å². The summed E-state index contributed by atoms with van der Waals surface area (Å²) in [6.45, 7) is 0. The summed E-state index contributed by atoms with van der Waals surface area (Å²) in [5, 5.41) is 8.24. The molecular formula is C24H32N4O. The maximum atomic E-state index is 12.2. The second-order valence-corrected chi connectivity index (χ2v) is 7.70. The molecule has 0 spiro atoms. The van der Waals surface area contributed by atoms with Gasteiger partial charge in [-0.15, -0.1) is 0 Å². The Kier molecular flexibility index (Phi) is 8.23. The van der Waals surface area contributed by atoms with E-state index in [9.17, 15) is 4.79 Å². The first kappa shape index (κ1) is 21.0. The van der Waals surface area contributed by atoms with E-state index in [2.05, 4.69) is 21.5 Å². The van der Waals surface area contributed by atoms with Gasteiger partial charge in [0.25, 0.3) is 0 Å². The molecular weight excluding hydrogens is 360 g/mol. The normalized spacial score (nSPS) is 11.1. The molecule has 1 aromatic carbocycles. The van der Waals surface area contributed by atoms with E-state index in [0.717, 1.165) is 35.9 Å². The number of hydrogen-bond donors (Lipinski definition) is 1. The van der Waals surface area contributed by atoms with Crippen LogP contribution in [0.15, 0.2) is 48.8 Å². The second-order valence-electron chi connectivity index (χ2n) is 7.70. The largest absolute Gasteiger partial charge is 0.325 e. The highest BCUT2D eigenvalue weighted by molar-refractivity contribution is 6.00. The van der Waals surface area contributed by atoms with Gasteiger partial charge in [-0.1, -0.05) is 56.7 Å². The van der Waals surface area contributed by atoms with Crippen LogP contribution in [-0.2, 0) is 18.3 Å². The Bertz CT molecular complexity index is 897. The van der Waals surface area contributed by atoms with E-state index in [4.69, 9.17) is 0 Å². The van der Waals surface area contributed by atoms with Crippen molar-refractivity contribution in [1.82, 2.24) is 14.8 Å². The lowest BCUT2D eigenvalue weighted by Crippen LogP contribution is -2.11. The van der Waals surface area contributed by atoms with Crippen LogP contribution in [0.25, 0.3) is 10.9 Å². The molecule has 0 saturated carbocycles. The minimum absolute atomic E-state index is 0.0940. The first-order valence-corrected chi connectivity index (χ1v) is 10.8. The first-order valence-electron chi connectivity index (χ1n) is 10.8. The zero-order valence-electron chi connectivity index (χ0n) is 17.4. The van der Waals surface area contributed by atoms with Crippen molar-refractivity contribution in [2.24, 2.45) is 7.05 Å². The molecule has 2 heterocycles. The van der Waals surface area contributed by atoms with Crippen molar-refractivity contribution in [2.45, 2.75) is 64.2 Å². The number of rotatable bonds is 12. The number of amides is 1. The van der Waals surface area contributed by atoms with Gasteiger partial charge in [-0.2, -0.15) is 5.10 Å². The molecule has 0 bridgehead atoms. The summed E-state index contributed by atoms with van der Waals surface area (Å²) in [6, 6.07) is 11.9. The van der Waals surface area contributed by atoms with Crippen LogP contribution in [0.3, 0.4) is 0 Å². The van der Waals surface area contributed by atoms with E-state index in [-0.39, 0.29) is 5.91 Å². The van der Waals surface area contributed by atoms with E-state index in [0.29, 0.717) is 6.42 Å². The molecule has 3 aromatic rings. The maximum absolute atomic E-state index is 12.2. The zero-order chi connectivity index (χ0) is 20.3. The van der Waals surface area contributed by atoms with Crippen LogP contribution in [0.1, 0.15) is 63.5 Å². The van der Waals surface area contributed by atoms with E-state index < -0.39 is 0 Å². The fourth-order valence-electron chi connectivity index (χ4n) is 3.72. The molecule has 29 heavy (non-hydrogen) atoms. The van der Waals surface area contributed by atoms with Crippen LogP contribution in [0.4, 0.5) is 5.69 Å². The number of fused-ring (bicyclic) bond motifs is 1. The third kappa shape index (κ3) is 6.70. The highest BCUT2D eigenvalue weighted by Gasteiger charge is 2.06. The SMILES string of the molecule is Cn1nccc1CCCCCCCCCCC(=O)Nc1ccnc2ccccc12. The molecule has 3 rings (SSSR count). The lowest BCUT2D eigenvalue weighted by atomic mass is 10.1.